The van der Waals surface area contributed by atoms with Gasteiger partial charge in [-0.1, -0.05) is 67.9 Å². The van der Waals surface area contributed by atoms with Crippen LogP contribution in [0.2, 0.25) is 0 Å². The molecule has 140 valence electrons. The monoisotopic (exact) mass is 350 g/mol. The highest BCUT2D eigenvalue weighted by Crippen LogP contribution is 2.40. The minimum absolute atomic E-state index is 0.0615. The smallest absolute Gasteiger partial charge is 0.0657 e. The van der Waals surface area contributed by atoms with Crippen LogP contribution < -0.4 is 0 Å². The predicted molar refractivity (Wildman–Crippen MR) is 112 cm³/mol. The van der Waals surface area contributed by atoms with Crippen LogP contribution in [0.3, 0.4) is 0 Å². The van der Waals surface area contributed by atoms with Crippen molar-refractivity contribution in [2.75, 3.05) is 6.61 Å². The van der Waals surface area contributed by atoms with E-state index in [-0.39, 0.29) is 5.60 Å². The van der Waals surface area contributed by atoms with Crippen molar-refractivity contribution in [1.82, 2.24) is 0 Å². The second-order valence-corrected chi connectivity index (χ2v) is 8.57. The molecule has 3 rings (SSSR count). The fourth-order valence-electron chi connectivity index (χ4n) is 4.48. The molecule has 0 spiro atoms. The maximum absolute atomic E-state index is 6.24. The average molecular weight is 351 g/mol. The highest BCUT2D eigenvalue weighted by Gasteiger charge is 2.33. The molecule has 0 saturated heterocycles. The largest absolute Gasteiger partial charge is 0.375 e. The van der Waals surface area contributed by atoms with E-state index >= 15 is 0 Å². The van der Waals surface area contributed by atoms with Gasteiger partial charge in [0.2, 0.25) is 0 Å². The number of hydrogen-bond acceptors (Lipinski definition) is 1. The van der Waals surface area contributed by atoms with Crippen molar-refractivity contribution in [2.24, 2.45) is 5.92 Å². The van der Waals surface area contributed by atoms with Crippen LogP contribution in [0.25, 0.3) is 11.1 Å². The topological polar surface area (TPSA) is 9.23 Å². The van der Waals surface area contributed by atoms with Gasteiger partial charge in [0.25, 0.3) is 0 Å². The molecule has 0 amide bonds. The molecule has 2 aromatic rings. The molecule has 1 fully saturated rings. The van der Waals surface area contributed by atoms with Crippen molar-refractivity contribution >= 4 is 0 Å². The summed E-state index contributed by atoms with van der Waals surface area (Å²) in [5.41, 5.74) is 5.48. The molecule has 2 unspecified atom stereocenters. The van der Waals surface area contributed by atoms with Crippen molar-refractivity contribution in [3.8, 4) is 11.1 Å². The number of hydrogen-bond donors (Lipinski definition) is 0. The molecule has 0 aromatic heterocycles. The summed E-state index contributed by atoms with van der Waals surface area (Å²) in [4.78, 5) is 0. The Morgan fingerprint density at radius 3 is 2.23 bits per heavy atom. The average Bonchev–Trinajstić information content (AvgIpc) is 2.79. The fraction of sp³-hybridized carbons (Fsp3) is 0.520. The van der Waals surface area contributed by atoms with Gasteiger partial charge in [0, 0.05) is 6.61 Å². The summed E-state index contributed by atoms with van der Waals surface area (Å²) in [5.74, 6) is 1.37. The van der Waals surface area contributed by atoms with Gasteiger partial charge in [-0.3, -0.25) is 0 Å². The van der Waals surface area contributed by atoms with Crippen molar-refractivity contribution < 1.29 is 4.74 Å². The minimum Gasteiger partial charge on any atom is -0.375 e. The highest BCUT2D eigenvalue weighted by molar-refractivity contribution is 5.64. The Morgan fingerprint density at radius 2 is 1.62 bits per heavy atom. The first-order chi connectivity index (χ1) is 12.5. The van der Waals surface area contributed by atoms with Crippen LogP contribution >= 0.6 is 0 Å². The molecule has 1 heteroatoms. The summed E-state index contributed by atoms with van der Waals surface area (Å²) in [6.45, 7) is 9.94. The van der Waals surface area contributed by atoms with Crippen LogP contribution in [0.15, 0.2) is 48.5 Å². The second-order valence-electron chi connectivity index (χ2n) is 8.57. The van der Waals surface area contributed by atoms with E-state index in [4.69, 9.17) is 4.74 Å². The molecule has 1 saturated carbocycles. The zero-order chi connectivity index (χ0) is 18.6. The summed E-state index contributed by atoms with van der Waals surface area (Å²) in [7, 11) is 0. The number of ether oxygens (including phenoxy) is 1. The number of aryl methyl sites for hydroxylation is 1. The third kappa shape index (κ3) is 4.76. The molecule has 2 aromatic carbocycles. The quantitative estimate of drug-likeness (QED) is 0.521. The first kappa shape index (κ1) is 19.2. The van der Waals surface area contributed by atoms with Gasteiger partial charge in [0.05, 0.1) is 5.60 Å². The van der Waals surface area contributed by atoms with Crippen molar-refractivity contribution in [1.29, 1.82) is 0 Å². The summed E-state index contributed by atoms with van der Waals surface area (Å²) in [6.07, 6.45) is 5.96. The van der Waals surface area contributed by atoms with Gasteiger partial charge in [0.1, 0.15) is 0 Å². The summed E-state index contributed by atoms with van der Waals surface area (Å²) in [5, 5.41) is 0. The molecule has 1 nitrogen and oxygen atoms in total. The molecular weight excluding hydrogens is 316 g/mol. The zero-order valence-electron chi connectivity index (χ0n) is 16.9. The SMILES string of the molecule is CCCOC1(C)CCC(c2ccc(-c3ccc(C)cc3)cc2)C[C@H](C)C1. The van der Waals surface area contributed by atoms with E-state index in [2.05, 4.69) is 76.2 Å². The minimum atomic E-state index is 0.0615. The van der Waals surface area contributed by atoms with E-state index in [0.29, 0.717) is 11.8 Å². The maximum Gasteiger partial charge on any atom is 0.0657 e. The van der Waals surface area contributed by atoms with Gasteiger partial charge >= 0.3 is 0 Å². The Hall–Kier alpha value is -1.60. The third-order valence-electron chi connectivity index (χ3n) is 5.91. The third-order valence-corrected chi connectivity index (χ3v) is 5.91. The van der Waals surface area contributed by atoms with E-state index in [1.165, 1.54) is 47.9 Å². The van der Waals surface area contributed by atoms with Gasteiger partial charge < -0.3 is 4.74 Å². The normalized spacial score (nSPS) is 26.5. The van der Waals surface area contributed by atoms with E-state index in [9.17, 15) is 0 Å². The van der Waals surface area contributed by atoms with Crippen LogP contribution in [0.5, 0.6) is 0 Å². The van der Waals surface area contributed by atoms with Crippen molar-refractivity contribution in [3.05, 3.63) is 59.7 Å². The van der Waals surface area contributed by atoms with Crippen LogP contribution in [0.1, 0.15) is 69.9 Å². The first-order valence-electron chi connectivity index (χ1n) is 10.3. The van der Waals surface area contributed by atoms with Crippen LogP contribution in [-0.2, 0) is 4.74 Å². The number of benzene rings is 2. The molecule has 0 radical (unpaired) electrons. The van der Waals surface area contributed by atoms with E-state index in [0.717, 1.165) is 13.0 Å². The number of rotatable bonds is 5. The Balaban J connectivity index is 1.71. The molecule has 0 N–H and O–H groups in total. The van der Waals surface area contributed by atoms with Gasteiger partial charge in [-0.25, -0.2) is 0 Å². The second kappa shape index (κ2) is 8.39. The molecule has 0 heterocycles. The lowest BCUT2D eigenvalue weighted by atomic mass is 9.87. The van der Waals surface area contributed by atoms with Crippen molar-refractivity contribution in [2.45, 2.75) is 71.3 Å². The molecule has 26 heavy (non-hydrogen) atoms. The molecule has 1 aliphatic carbocycles. The summed E-state index contributed by atoms with van der Waals surface area (Å²) < 4.78 is 6.24. The van der Waals surface area contributed by atoms with Gasteiger partial charge in [-0.2, -0.15) is 0 Å². The standard InChI is InChI=1S/C25H34O/c1-5-16-26-25(4)15-14-24(17-20(3)18-25)23-12-10-22(11-13-23)21-8-6-19(2)7-9-21/h6-13,20,24H,5,14-18H2,1-4H3/t20-,24?,25?/m0/s1. The Bertz CT molecular complexity index is 685. The molecular formula is C25H34O. The summed E-state index contributed by atoms with van der Waals surface area (Å²) in [6, 6.07) is 18.1. The maximum atomic E-state index is 6.24. The predicted octanol–water partition coefficient (Wildman–Crippen LogP) is 7.14. The van der Waals surface area contributed by atoms with Gasteiger partial charge in [0.15, 0.2) is 0 Å². The molecule has 1 aliphatic rings. The Morgan fingerprint density at radius 1 is 1.00 bits per heavy atom. The summed E-state index contributed by atoms with van der Waals surface area (Å²) >= 11 is 0. The first-order valence-corrected chi connectivity index (χ1v) is 10.3. The van der Waals surface area contributed by atoms with E-state index in [1.54, 1.807) is 0 Å². The molecule has 0 bridgehead atoms. The fourth-order valence-corrected chi connectivity index (χ4v) is 4.48. The highest BCUT2D eigenvalue weighted by atomic mass is 16.5. The van der Waals surface area contributed by atoms with Gasteiger partial charge in [-0.05, 0) is 74.5 Å². The van der Waals surface area contributed by atoms with Crippen LogP contribution in [0.4, 0.5) is 0 Å². The lowest BCUT2D eigenvalue weighted by Gasteiger charge is -2.30. The van der Waals surface area contributed by atoms with Crippen molar-refractivity contribution in [3.63, 3.8) is 0 Å². The molecule has 0 aliphatic heterocycles. The Kier molecular flexibility index (Phi) is 6.19. The lowest BCUT2D eigenvalue weighted by Crippen LogP contribution is -2.30. The van der Waals surface area contributed by atoms with E-state index < -0.39 is 0 Å². The Labute approximate surface area is 159 Å². The lowest BCUT2D eigenvalue weighted by molar-refractivity contribution is -0.0484. The van der Waals surface area contributed by atoms with Crippen LogP contribution in [0, 0.1) is 12.8 Å². The van der Waals surface area contributed by atoms with E-state index in [1.807, 2.05) is 0 Å². The van der Waals surface area contributed by atoms with Crippen LogP contribution in [-0.4, -0.2) is 12.2 Å². The zero-order valence-corrected chi connectivity index (χ0v) is 16.9. The van der Waals surface area contributed by atoms with Gasteiger partial charge in [-0.15, -0.1) is 0 Å². The molecule has 3 atom stereocenters.